The summed E-state index contributed by atoms with van der Waals surface area (Å²) in [6.07, 6.45) is 0. The SMILES string of the molecule is c1ccc(-c2cccc3cccc(-c4ccccc4N(c4cccc(-c5cccc6ccccc56)c4)c4ccccc4-c4ccc5c6ccccc6n(-c6ccccc6)c5c4)c23)cc1. The number of hydrogen-bond donors (Lipinski definition) is 0. The number of para-hydroxylation sites is 4. The van der Waals surface area contributed by atoms with E-state index in [2.05, 4.69) is 264 Å². The molecule has 0 aliphatic rings. The molecule has 1 heterocycles. The maximum Gasteiger partial charge on any atom is 0.0547 e. The van der Waals surface area contributed by atoms with Crippen molar-refractivity contribution in [1.29, 1.82) is 0 Å². The molecule has 0 amide bonds. The van der Waals surface area contributed by atoms with Gasteiger partial charge in [0.05, 0.1) is 22.4 Å². The molecular weight excluding hydrogens is 773 g/mol. The Balaban J connectivity index is 1.12. The fraction of sp³-hybridized carbons (Fsp3) is 0. The van der Waals surface area contributed by atoms with E-state index in [9.17, 15) is 0 Å². The van der Waals surface area contributed by atoms with E-state index in [1.807, 2.05) is 0 Å². The predicted octanol–water partition coefficient (Wildman–Crippen LogP) is 17.2. The van der Waals surface area contributed by atoms with Crippen molar-refractivity contribution in [3.8, 4) is 50.2 Å². The topological polar surface area (TPSA) is 8.17 Å². The van der Waals surface area contributed by atoms with Gasteiger partial charge in [0.1, 0.15) is 0 Å². The van der Waals surface area contributed by atoms with Crippen molar-refractivity contribution in [3.05, 3.63) is 255 Å². The van der Waals surface area contributed by atoms with Crippen LogP contribution in [0.4, 0.5) is 17.1 Å². The molecule has 0 N–H and O–H groups in total. The molecule has 0 saturated carbocycles. The zero-order chi connectivity index (χ0) is 42.4. The molecule has 300 valence electrons. The smallest absolute Gasteiger partial charge is 0.0547 e. The van der Waals surface area contributed by atoms with Crippen molar-refractivity contribution in [3.63, 3.8) is 0 Å². The van der Waals surface area contributed by atoms with E-state index in [1.54, 1.807) is 0 Å². The third-order valence-electron chi connectivity index (χ3n) is 12.8. The van der Waals surface area contributed by atoms with Crippen LogP contribution in [0, 0.1) is 0 Å². The molecule has 2 heteroatoms. The predicted molar refractivity (Wildman–Crippen MR) is 272 cm³/mol. The van der Waals surface area contributed by atoms with E-state index in [0.29, 0.717) is 0 Å². The summed E-state index contributed by atoms with van der Waals surface area (Å²) in [6, 6.07) is 92.9. The summed E-state index contributed by atoms with van der Waals surface area (Å²) in [5.74, 6) is 0. The molecule has 0 aliphatic carbocycles. The molecule has 0 radical (unpaired) electrons. The molecule has 12 aromatic rings. The number of rotatable bonds is 8. The summed E-state index contributed by atoms with van der Waals surface area (Å²) >= 11 is 0. The van der Waals surface area contributed by atoms with Crippen LogP contribution >= 0.6 is 0 Å². The number of fused-ring (bicyclic) bond motifs is 5. The lowest BCUT2D eigenvalue weighted by molar-refractivity contribution is 1.18. The number of nitrogens with zero attached hydrogens (tertiary/aromatic N) is 2. The zero-order valence-electron chi connectivity index (χ0n) is 35.1. The van der Waals surface area contributed by atoms with Gasteiger partial charge < -0.3 is 9.47 Å². The van der Waals surface area contributed by atoms with Gasteiger partial charge >= 0.3 is 0 Å². The number of aromatic nitrogens is 1. The third kappa shape index (κ3) is 6.35. The van der Waals surface area contributed by atoms with Gasteiger partial charge in [-0.2, -0.15) is 0 Å². The third-order valence-corrected chi connectivity index (χ3v) is 12.8. The maximum absolute atomic E-state index is 2.49. The zero-order valence-corrected chi connectivity index (χ0v) is 35.1. The fourth-order valence-corrected chi connectivity index (χ4v) is 9.92. The number of hydrogen-bond acceptors (Lipinski definition) is 1. The van der Waals surface area contributed by atoms with Crippen LogP contribution in [-0.2, 0) is 0 Å². The Morgan fingerprint density at radius 3 is 1.62 bits per heavy atom. The number of anilines is 3. The highest BCUT2D eigenvalue weighted by atomic mass is 15.1. The van der Waals surface area contributed by atoms with Crippen LogP contribution in [0.2, 0.25) is 0 Å². The molecule has 0 aliphatic heterocycles. The Hall–Kier alpha value is -8.46. The van der Waals surface area contributed by atoms with Crippen molar-refractivity contribution >= 4 is 60.4 Å². The van der Waals surface area contributed by atoms with Gasteiger partial charge in [0.25, 0.3) is 0 Å². The lowest BCUT2D eigenvalue weighted by Gasteiger charge is -2.30. The Bertz CT molecular complexity index is 3670. The molecule has 11 aromatic carbocycles. The monoisotopic (exact) mass is 814 g/mol. The highest BCUT2D eigenvalue weighted by Gasteiger charge is 2.23. The summed E-state index contributed by atoms with van der Waals surface area (Å²) < 4.78 is 2.41. The van der Waals surface area contributed by atoms with Crippen molar-refractivity contribution in [1.82, 2.24) is 4.57 Å². The van der Waals surface area contributed by atoms with Gasteiger partial charge in [-0.05, 0) is 103 Å². The van der Waals surface area contributed by atoms with Crippen LogP contribution < -0.4 is 4.90 Å². The molecule has 0 spiro atoms. The highest BCUT2D eigenvalue weighted by molar-refractivity contribution is 6.12. The van der Waals surface area contributed by atoms with E-state index < -0.39 is 0 Å². The Morgan fingerprint density at radius 1 is 0.281 bits per heavy atom. The first-order valence-corrected chi connectivity index (χ1v) is 22.0. The molecular formula is C62H42N2. The first-order chi connectivity index (χ1) is 31.8. The minimum Gasteiger partial charge on any atom is -0.309 e. The van der Waals surface area contributed by atoms with Gasteiger partial charge in [0, 0.05) is 33.3 Å². The van der Waals surface area contributed by atoms with E-state index in [1.165, 1.54) is 71.2 Å². The molecule has 12 rings (SSSR count). The van der Waals surface area contributed by atoms with Crippen molar-refractivity contribution in [2.24, 2.45) is 0 Å². The average molecular weight is 815 g/mol. The van der Waals surface area contributed by atoms with Gasteiger partial charge in [-0.1, -0.05) is 206 Å². The van der Waals surface area contributed by atoms with Crippen LogP contribution in [-0.4, -0.2) is 4.57 Å². The minimum atomic E-state index is 1.08. The van der Waals surface area contributed by atoms with E-state index >= 15 is 0 Å². The quantitative estimate of drug-likeness (QED) is 0.148. The van der Waals surface area contributed by atoms with Crippen LogP contribution in [0.5, 0.6) is 0 Å². The standard InChI is InChI=1S/C62H42N2/c1-3-19-44(20-4-1)53-34-17-23-45-24-18-35-57(62(45)53)55-32-11-14-38-60(55)64(49-28-15-25-46(41-49)51-33-16-22-43-21-7-8-29-50(43)51)58-36-12-9-30-52(58)47-39-40-56-54-31-10-13-37-59(54)63(61(56)42-47)48-26-5-2-6-27-48/h1-42H. The Morgan fingerprint density at radius 2 is 0.812 bits per heavy atom. The molecule has 0 unspecified atom stereocenters. The molecule has 64 heavy (non-hydrogen) atoms. The van der Waals surface area contributed by atoms with Crippen molar-refractivity contribution < 1.29 is 0 Å². The summed E-state index contributed by atoms with van der Waals surface area (Å²) in [5, 5.41) is 7.39. The molecule has 0 fully saturated rings. The molecule has 0 saturated heterocycles. The lowest BCUT2D eigenvalue weighted by Crippen LogP contribution is -2.12. The largest absolute Gasteiger partial charge is 0.309 e. The minimum absolute atomic E-state index is 1.08. The second-order valence-corrected chi connectivity index (χ2v) is 16.4. The van der Waals surface area contributed by atoms with E-state index in [-0.39, 0.29) is 0 Å². The summed E-state index contributed by atoms with van der Waals surface area (Å²) in [6.45, 7) is 0. The Labute approximate surface area is 373 Å². The molecule has 0 atom stereocenters. The van der Waals surface area contributed by atoms with Gasteiger partial charge in [-0.15, -0.1) is 0 Å². The van der Waals surface area contributed by atoms with Crippen LogP contribution in [0.15, 0.2) is 255 Å². The summed E-state index contributed by atoms with van der Waals surface area (Å²) in [4.78, 5) is 2.49. The average Bonchev–Trinajstić information content (AvgIpc) is 3.70. The normalized spacial score (nSPS) is 11.4. The molecule has 1 aromatic heterocycles. The summed E-state index contributed by atoms with van der Waals surface area (Å²) in [7, 11) is 0. The van der Waals surface area contributed by atoms with Gasteiger partial charge in [0.15, 0.2) is 0 Å². The van der Waals surface area contributed by atoms with Gasteiger partial charge in [-0.3, -0.25) is 0 Å². The van der Waals surface area contributed by atoms with Crippen LogP contribution in [0.3, 0.4) is 0 Å². The first-order valence-electron chi connectivity index (χ1n) is 22.0. The van der Waals surface area contributed by atoms with Gasteiger partial charge in [0.2, 0.25) is 0 Å². The van der Waals surface area contributed by atoms with E-state index in [0.717, 1.165) is 39.4 Å². The lowest BCUT2D eigenvalue weighted by atomic mass is 9.90. The fourth-order valence-electron chi connectivity index (χ4n) is 9.92. The second-order valence-electron chi connectivity index (χ2n) is 16.4. The van der Waals surface area contributed by atoms with Crippen LogP contribution in [0.25, 0.3) is 93.5 Å². The summed E-state index contributed by atoms with van der Waals surface area (Å²) in [5.41, 5.74) is 16.2. The van der Waals surface area contributed by atoms with Gasteiger partial charge in [-0.25, -0.2) is 0 Å². The Kier molecular flexibility index (Phi) is 9.20. The number of benzene rings is 11. The van der Waals surface area contributed by atoms with E-state index in [4.69, 9.17) is 0 Å². The maximum atomic E-state index is 2.49. The second kappa shape index (κ2) is 15.8. The van der Waals surface area contributed by atoms with Crippen molar-refractivity contribution in [2.45, 2.75) is 0 Å². The highest BCUT2D eigenvalue weighted by Crippen LogP contribution is 2.48. The van der Waals surface area contributed by atoms with Crippen molar-refractivity contribution in [2.75, 3.05) is 4.90 Å². The molecule has 0 bridgehead atoms. The van der Waals surface area contributed by atoms with Crippen LogP contribution in [0.1, 0.15) is 0 Å². The molecule has 2 nitrogen and oxygen atoms in total. The first kappa shape index (κ1) is 37.3.